The molecule has 0 nitrogen and oxygen atoms in total. The van der Waals surface area contributed by atoms with Crippen LogP contribution in [0.25, 0.3) is 0 Å². The average Bonchev–Trinajstić information content (AvgIpc) is 2.66. The molecular formula is C26H37. The normalized spacial score (nSPS) is 13.3. The Morgan fingerprint density at radius 1 is 0.462 bits per heavy atom. The molecule has 0 bridgehead atoms. The van der Waals surface area contributed by atoms with Crippen LogP contribution in [0.3, 0.4) is 0 Å². The predicted molar refractivity (Wildman–Crippen MR) is 120 cm³/mol. The van der Waals surface area contributed by atoms with Gasteiger partial charge >= 0.3 is 0 Å². The fourth-order valence-electron chi connectivity index (χ4n) is 2.34. The van der Waals surface area contributed by atoms with E-state index in [1.54, 1.807) is 6.08 Å². The Labute approximate surface area is 162 Å². The molecule has 0 aliphatic carbocycles. The van der Waals surface area contributed by atoms with Crippen molar-refractivity contribution < 1.29 is 0 Å². The molecule has 0 N–H and O–H groups in total. The first kappa shape index (κ1) is 23.9. The van der Waals surface area contributed by atoms with Gasteiger partial charge in [-0.15, -0.1) is 0 Å². The Morgan fingerprint density at radius 2 is 0.846 bits per heavy atom. The molecular weight excluding hydrogens is 312 g/mol. The Kier molecular flexibility index (Phi) is 21.1. The average molecular weight is 350 g/mol. The molecule has 1 radical (unpaired) electrons. The highest BCUT2D eigenvalue weighted by Crippen LogP contribution is 2.09. The number of hydrogen-bond acceptors (Lipinski definition) is 0. The molecule has 0 heteroatoms. The van der Waals surface area contributed by atoms with Gasteiger partial charge in [-0.1, -0.05) is 150 Å². The molecule has 0 aromatic rings. The Bertz CT molecular complexity index is 492. The van der Waals surface area contributed by atoms with Crippen LogP contribution in [0.5, 0.6) is 0 Å². The maximum Gasteiger partial charge on any atom is -0.0348 e. The molecule has 26 heavy (non-hydrogen) atoms. The van der Waals surface area contributed by atoms with Gasteiger partial charge in [0.1, 0.15) is 0 Å². The highest BCUT2D eigenvalue weighted by atomic mass is 14.0. The summed E-state index contributed by atoms with van der Waals surface area (Å²) in [6.07, 6.45) is 42.0. The van der Waals surface area contributed by atoms with Gasteiger partial charge in [-0.05, 0) is 12.8 Å². The highest BCUT2D eigenvalue weighted by molar-refractivity contribution is 5.20. The maximum absolute atomic E-state index is 5.23. The van der Waals surface area contributed by atoms with Crippen molar-refractivity contribution in [3.05, 3.63) is 97.7 Å². The Balaban J connectivity index is 3.56. The lowest BCUT2D eigenvalue weighted by atomic mass is 10.1. The maximum atomic E-state index is 5.23. The summed E-state index contributed by atoms with van der Waals surface area (Å²) in [7, 11) is 0. The predicted octanol–water partition coefficient (Wildman–Crippen LogP) is 8.40. The van der Waals surface area contributed by atoms with Gasteiger partial charge in [0, 0.05) is 0 Å². The van der Waals surface area contributed by atoms with E-state index in [0.29, 0.717) is 0 Å². The molecule has 141 valence electrons. The lowest BCUT2D eigenvalue weighted by Gasteiger charge is -1.99. The van der Waals surface area contributed by atoms with Gasteiger partial charge < -0.3 is 0 Å². The fourth-order valence-corrected chi connectivity index (χ4v) is 2.34. The molecule has 0 unspecified atom stereocenters. The van der Waals surface area contributed by atoms with Crippen LogP contribution >= 0.6 is 0 Å². The standard InChI is InChI=1S/C26H37/c1-3-5-7-9-11-13-15-17-19-21-23-25-26-24-22-20-18-16-14-12-10-8-6-4-2/h1,3,5,7,9,11,13,15,17,19,21-26H,4,6,8,10,12,14,16,18,20H2,2H3/b3-1?,7-5+,11-9+,15-13+,19-17+,23-21+,24-22+,26-25+. The Morgan fingerprint density at radius 3 is 1.31 bits per heavy atom. The zero-order valence-corrected chi connectivity index (χ0v) is 16.6. The molecule has 0 spiro atoms. The van der Waals surface area contributed by atoms with Crippen molar-refractivity contribution in [3.63, 3.8) is 0 Å². The monoisotopic (exact) mass is 349 g/mol. The third-order valence-electron chi connectivity index (χ3n) is 3.80. The molecule has 0 aromatic heterocycles. The van der Waals surface area contributed by atoms with E-state index in [-0.39, 0.29) is 0 Å². The molecule has 0 fully saturated rings. The summed E-state index contributed by atoms with van der Waals surface area (Å²) >= 11 is 0. The van der Waals surface area contributed by atoms with E-state index in [9.17, 15) is 0 Å². The SMILES string of the molecule is [CH]=C/C=C/C=C/C=C/C=C/C=C/C=C/C=C/CCCCCCCCCC. The zero-order chi connectivity index (χ0) is 19.0. The minimum atomic E-state index is 1.19. The van der Waals surface area contributed by atoms with E-state index in [1.165, 1.54) is 63.9 Å². The van der Waals surface area contributed by atoms with Gasteiger partial charge in [-0.3, -0.25) is 0 Å². The van der Waals surface area contributed by atoms with Gasteiger partial charge in [-0.25, -0.2) is 0 Å². The molecule has 0 aliphatic heterocycles. The quantitative estimate of drug-likeness (QED) is 0.194. The van der Waals surface area contributed by atoms with E-state index in [0.717, 1.165) is 0 Å². The topological polar surface area (TPSA) is 0 Å². The second-order valence-electron chi connectivity index (χ2n) is 6.19. The smallest absolute Gasteiger partial charge is 0.0348 e. The van der Waals surface area contributed by atoms with Gasteiger partial charge in [0.05, 0.1) is 0 Å². The molecule has 0 saturated heterocycles. The van der Waals surface area contributed by atoms with Crippen molar-refractivity contribution in [2.24, 2.45) is 0 Å². The van der Waals surface area contributed by atoms with Crippen molar-refractivity contribution in [2.45, 2.75) is 64.7 Å². The zero-order valence-electron chi connectivity index (χ0n) is 16.6. The van der Waals surface area contributed by atoms with Crippen molar-refractivity contribution in [1.29, 1.82) is 0 Å². The van der Waals surface area contributed by atoms with Crippen molar-refractivity contribution in [1.82, 2.24) is 0 Å². The Hall–Kier alpha value is -2.08. The summed E-state index contributed by atoms with van der Waals surface area (Å²) in [5, 5.41) is 0. The number of unbranched alkanes of at least 4 members (excludes halogenated alkanes) is 8. The van der Waals surface area contributed by atoms with Crippen molar-refractivity contribution in [3.8, 4) is 0 Å². The van der Waals surface area contributed by atoms with Crippen LogP contribution in [-0.2, 0) is 0 Å². The molecule has 0 aromatic carbocycles. The molecule has 0 atom stereocenters. The molecule has 0 saturated carbocycles. The minimum absolute atomic E-state index is 1.19. The van der Waals surface area contributed by atoms with Crippen LogP contribution < -0.4 is 0 Å². The fraction of sp³-hybridized carbons (Fsp3) is 0.385. The first-order chi connectivity index (χ1) is 12.9. The van der Waals surface area contributed by atoms with Gasteiger partial charge in [-0.2, -0.15) is 0 Å². The molecule has 0 heterocycles. The van der Waals surface area contributed by atoms with Gasteiger partial charge in [0.15, 0.2) is 0 Å². The third kappa shape index (κ3) is 21.9. The minimum Gasteiger partial charge on any atom is -0.0845 e. The van der Waals surface area contributed by atoms with Crippen molar-refractivity contribution >= 4 is 0 Å². The van der Waals surface area contributed by atoms with Gasteiger partial charge in [0.2, 0.25) is 0 Å². The van der Waals surface area contributed by atoms with E-state index in [4.69, 9.17) is 6.58 Å². The second kappa shape index (κ2) is 22.9. The summed E-state index contributed by atoms with van der Waals surface area (Å²) in [5.41, 5.74) is 0. The van der Waals surface area contributed by atoms with E-state index < -0.39 is 0 Å². The first-order valence-electron chi connectivity index (χ1n) is 10.1. The third-order valence-corrected chi connectivity index (χ3v) is 3.80. The highest BCUT2D eigenvalue weighted by Gasteiger charge is 1.89. The summed E-state index contributed by atoms with van der Waals surface area (Å²) in [6, 6.07) is 0. The van der Waals surface area contributed by atoms with Crippen LogP contribution in [0.15, 0.2) is 91.1 Å². The summed E-state index contributed by atoms with van der Waals surface area (Å²) < 4.78 is 0. The number of allylic oxidation sites excluding steroid dienone is 15. The van der Waals surface area contributed by atoms with E-state index >= 15 is 0 Å². The van der Waals surface area contributed by atoms with Crippen LogP contribution in [0.4, 0.5) is 0 Å². The van der Waals surface area contributed by atoms with Gasteiger partial charge in [0.25, 0.3) is 0 Å². The van der Waals surface area contributed by atoms with E-state index in [2.05, 4.69) is 31.2 Å². The second-order valence-corrected chi connectivity index (χ2v) is 6.19. The summed E-state index contributed by atoms with van der Waals surface area (Å²) in [5.74, 6) is 0. The molecule has 0 rings (SSSR count). The molecule has 0 amide bonds. The van der Waals surface area contributed by atoms with Crippen LogP contribution in [-0.4, -0.2) is 0 Å². The lowest BCUT2D eigenvalue weighted by molar-refractivity contribution is 0.577. The van der Waals surface area contributed by atoms with E-state index in [1.807, 2.05) is 54.7 Å². The van der Waals surface area contributed by atoms with Crippen LogP contribution in [0.2, 0.25) is 0 Å². The number of rotatable bonds is 16. The summed E-state index contributed by atoms with van der Waals surface area (Å²) in [6.45, 7) is 7.50. The number of hydrogen-bond donors (Lipinski definition) is 0. The van der Waals surface area contributed by atoms with Crippen LogP contribution in [0, 0.1) is 6.58 Å². The lowest BCUT2D eigenvalue weighted by Crippen LogP contribution is -1.79. The largest absolute Gasteiger partial charge is 0.0845 e. The summed E-state index contributed by atoms with van der Waals surface area (Å²) in [4.78, 5) is 0. The van der Waals surface area contributed by atoms with Crippen LogP contribution in [0.1, 0.15) is 64.7 Å². The molecule has 0 aliphatic rings. The first-order valence-corrected chi connectivity index (χ1v) is 10.1. The van der Waals surface area contributed by atoms with Crippen molar-refractivity contribution in [2.75, 3.05) is 0 Å².